The zero-order valence-corrected chi connectivity index (χ0v) is 12.2. The number of nitrogens with one attached hydrogen (secondary N) is 1. The Balaban J connectivity index is 2.08. The molecule has 106 valence electrons. The van der Waals surface area contributed by atoms with Gasteiger partial charge in [0.1, 0.15) is 5.82 Å². The van der Waals surface area contributed by atoms with Gasteiger partial charge in [-0.25, -0.2) is 4.39 Å². The van der Waals surface area contributed by atoms with Crippen molar-refractivity contribution in [2.45, 2.75) is 32.7 Å². The van der Waals surface area contributed by atoms with E-state index in [1.54, 1.807) is 12.1 Å². The van der Waals surface area contributed by atoms with Gasteiger partial charge in [-0.2, -0.15) is 0 Å². The molecule has 0 aliphatic carbocycles. The molecule has 0 amide bonds. The van der Waals surface area contributed by atoms with E-state index in [1.807, 2.05) is 6.07 Å². The van der Waals surface area contributed by atoms with E-state index in [1.165, 1.54) is 17.2 Å². The SMILES string of the molecule is CCNC(CCc1ccccc1C)c1cccc(F)c1. The van der Waals surface area contributed by atoms with Crippen molar-refractivity contribution in [2.24, 2.45) is 0 Å². The zero-order chi connectivity index (χ0) is 14.4. The van der Waals surface area contributed by atoms with Crippen LogP contribution in [0.2, 0.25) is 0 Å². The van der Waals surface area contributed by atoms with Gasteiger partial charge in [-0.05, 0) is 55.1 Å². The monoisotopic (exact) mass is 271 g/mol. The molecule has 1 N–H and O–H groups in total. The van der Waals surface area contributed by atoms with Gasteiger partial charge in [-0.3, -0.25) is 0 Å². The molecule has 0 aliphatic rings. The van der Waals surface area contributed by atoms with E-state index in [9.17, 15) is 4.39 Å². The third-order valence-electron chi connectivity index (χ3n) is 3.67. The first-order valence-corrected chi connectivity index (χ1v) is 7.24. The Morgan fingerprint density at radius 3 is 2.60 bits per heavy atom. The molecule has 0 radical (unpaired) electrons. The Morgan fingerprint density at radius 2 is 1.90 bits per heavy atom. The Labute approximate surface area is 120 Å². The minimum atomic E-state index is -0.165. The molecule has 2 aromatic rings. The van der Waals surface area contributed by atoms with Crippen LogP contribution in [-0.2, 0) is 6.42 Å². The molecule has 1 nitrogen and oxygen atoms in total. The van der Waals surface area contributed by atoms with Crippen LogP contribution in [-0.4, -0.2) is 6.54 Å². The average molecular weight is 271 g/mol. The third kappa shape index (κ3) is 3.91. The summed E-state index contributed by atoms with van der Waals surface area (Å²) in [6.45, 7) is 5.11. The van der Waals surface area contributed by atoms with Gasteiger partial charge < -0.3 is 5.32 Å². The molecule has 0 heterocycles. The third-order valence-corrected chi connectivity index (χ3v) is 3.67. The molecule has 0 aliphatic heterocycles. The van der Waals surface area contributed by atoms with Crippen molar-refractivity contribution in [3.05, 3.63) is 71.0 Å². The highest BCUT2D eigenvalue weighted by Gasteiger charge is 2.11. The summed E-state index contributed by atoms with van der Waals surface area (Å²) in [6.07, 6.45) is 1.98. The fourth-order valence-electron chi connectivity index (χ4n) is 2.55. The first-order valence-electron chi connectivity index (χ1n) is 7.24. The van der Waals surface area contributed by atoms with E-state index < -0.39 is 0 Å². The van der Waals surface area contributed by atoms with Crippen molar-refractivity contribution < 1.29 is 4.39 Å². The molecule has 0 aromatic heterocycles. The summed E-state index contributed by atoms with van der Waals surface area (Å²) in [6, 6.07) is 15.6. The Hall–Kier alpha value is -1.67. The number of rotatable bonds is 6. The van der Waals surface area contributed by atoms with Crippen LogP contribution in [0, 0.1) is 12.7 Å². The van der Waals surface area contributed by atoms with Crippen molar-refractivity contribution in [1.82, 2.24) is 5.32 Å². The van der Waals surface area contributed by atoms with Crippen LogP contribution in [0.25, 0.3) is 0 Å². The van der Waals surface area contributed by atoms with Crippen LogP contribution in [0.15, 0.2) is 48.5 Å². The maximum Gasteiger partial charge on any atom is 0.123 e. The van der Waals surface area contributed by atoms with Crippen LogP contribution in [0.1, 0.15) is 36.1 Å². The molecule has 0 fully saturated rings. The van der Waals surface area contributed by atoms with Crippen molar-refractivity contribution in [3.8, 4) is 0 Å². The quantitative estimate of drug-likeness (QED) is 0.820. The molecule has 2 aromatic carbocycles. The van der Waals surface area contributed by atoms with E-state index in [-0.39, 0.29) is 11.9 Å². The first-order chi connectivity index (χ1) is 9.70. The van der Waals surface area contributed by atoms with Gasteiger partial charge in [0.2, 0.25) is 0 Å². The maximum atomic E-state index is 13.4. The summed E-state index contributed by atoms with van der Waals surface area (Å²) in [5.74, 6) is -0.165. The van der Waals surface area contributed by atoms with Crippen LogP contribution >= 0.6 is 0 Å². The molecule has 0 saturated heterocycles. The lowest BCUT2D eigenvalue weighted by atomic mass is 9.97. The fourth-order valence-corrected chi connectivity index (χ4v) is 2.55. The van der Waals surface area contributed by atoms with E-state index in [0.717, 1.165) is 24.9 Å². The summed E-state index contributed by atoms with van der Waals surface area (Å²) < 4.78 is 13.4. The summed E-state index contributed by atoms with van der Waals surface area (Å²) >= 11 is 0. The molecule has 1 atom stereocenters. The maximum absolute atomic E-state index is 13.4. The standard InChI is InChI=1S/C18H22FN/c1-3-20-18(16-9-6-10-17(19)13-16)12-11-15-8-5-4-7-14(15)2/h4-10,13,18,20H,3,11-12H2,1-2H3. The molecule has 1 unspecified atom stereocenters. The highest BCUT2D eigenvalue weighted by molar-refractivity contribution is 5.26. The second kappa shape index (κ2) is 7.20. The molecule has 20 heavy (non-hydrogen) atoms. The molecule has 2 heteroatoms. The van der Waals surface area contributed by atoms with Crippen molar-refractivity contribution in [3.63, 3.8) is 0 Å². The Kier molecular flexibility index (Phi) is 5.31. The minimum Gasteiger partial charge on any atom is -0.310 e. The summed E-state index contributed by atoms with van der Waals surface area (Å²) in [7, 11) is 0. The van der Waals surface area contributed by atoms with E-state index in [2.05, 4.69) is 43.4 Å². The smallest absolute Gasteiger partial charge is 0.123 e. The lowest BCUT2D eigenvalue weighted by Crippen LogP contribution is -2.21. The van der Waals surface area contributed by atoms with E-state index >= 15 is 0 Å². The van der Waals surface area contributed by atoms with Crippen LogP contribution < -0.4 is 5.32 Å². The first kappa shape index (κ1) is 14.7. The number of halogens is 1. The molecule has 0 bridgehead atoms. The highest BCUT2D eigenvalue weighted by atomic mass is 19.1. The number of hydrogen-bond donors (Lipinski definition) is 1. The second-order valence-corrected chi connectivity index (χ2v) is 5.13. The number of hydrogen-bond acceptors (Lipinski definition) is 1. The van der Waals surface area contributed by atoms with Gasteiger partial charge in [-0.1, -0.05) is 43.3 Å². The van der Waals surface area contributed by atoms with Crippen molar-refractivity contribution >= 4 is 0 Å². The highest BCUT2D eigenvalue weighted by Crippen LogP contribution is 2.21. The van der Waals surface area contributed by atoms with Crippen molar-refractivity contribution in [2.75, 3.05) is 6.54 Å². The van der Waals surface area contributed by atoms with Gasteiger partial charge >= 0.3 is 0 Å². The molecular weight excluding hydrogens is 249 g/mol. The summed E-state index contributed by atoms with van der Waals surface area (Å²) in [5.41, 5.74) is 3.72. The minimum absolute atomic E-state index is 0.165. The Morgan fingerprint density at radius 1 is 1.10 bits per heavy atom. The van der Waals surface area contributed by atoms with Crippen LogP contribution in [0.5, 0.6) is 0 Å². The Bertz CT molecular complexity index is 551. The number of benzene rings is 2. The molecule has 2 rings (SSSR count). The predicted molar refractivity (Wildman–Crippen MR) is 82.3 cm³/mol. The van der Waals surface area contributed by atoms with Crippen LogP contribution in [0.4, 0.5) is 4.39 Å². The molecule has 0 spiro atoms. The van der Waals surface area contributed by atoms with Gasteiger partial charge in [0.05, 0.1) is 0 Å². The lowest BCUT2D eigenvalue weighted by molar-refractivity contribution is 0.510. The number of aryl methyl sites for hydroxylation is 2. The van der Waals surface area contributed by atoms with E-state index in [0.29, 0.717) is 0 Å². The van der Waals surface area contributed by atoms with E-state index in [4.69, 9.17) is 0 Å². The average Bonchev–Trinajstić information content (AvgIpc) is 2.45. The van der Waals surface area contributed by atoms with Gasteiger partial charge in [0.15, 0.2) is 0 Å². The fraction of sp³-hybridized carbons (Fsp3) is 0.333. The molecule has 0 saturated carbocycles. The zero-order valence-electron chi connectivity index (χ0n) is 12.2. The normalized spacial score (nSPS) is 12.3. The second-order valence-electron chi connectivity index (χ2n) is 5.13. The lowest BCUT2D eigenvalue weighted by Gasteiger charge is -2.19. The predicted octanol–water partition coefficient (Wildman–Crippen LogP) is 4.42. The largest absolute Gasteiger partial charge is 0.310 e. The van der Waals surface area contributed by atoms with Crippen LogP contribution in [0.3, 0.4) is 0 Å². The van der Waals surface area contributed by atoms with Gasteiger partial charge in [0, 0.05) is 6.04 Å². The molecular formula is C18H22FN. The summed E-state index contributed by atoms with van der Waals surface area (Å²) in [5, 5.41) is 3.45. The van der Waals surface area contributed by atoms with Gasteiger partial charge in [0.25, 0.3) is 0 Å². The summed E-state index contributed by atoms with van der Waals surface area (Å²) in [4.78, 5) is 0. The topological polar surface area (TPSA) is 12.0 Å². The van der Waals surface area contributed by atoms with Crippen molar-refractivity contribution in [1.29, 1.82) is 0 Å². The van der Waals surface area contributed by atoms with Gasteiger partial charge in [-0.15, -0.1) is 0 Å².